The van der Waals surface area contributed by atoms with Gasteiger partial charge in [0.25, 0.3) is 5.91 Å². The Balaban J connectivity index is 1.34. The van der Waals surface area contributed by atoms with Gasteiger partial charge < -0.3 is 15.4 Å². The molecule has 3 aromatic carbocycles. The first-order valence-electron chi connectivity index (χ1n) is 9.66. The van der Waals surface area contributed by atoms with E-state index in [9.17, 15) is 14.0 Å². The Morgan fingerprint density at radius 3 is 2.20 bits per heavy atom. The highest BCUT2D eigenvalue weighted by Crippen LogP contribution is 2.48. The Morgan fingerprint density at radius 1 is 0.900 bits per heavy atom. The molecule has 0 saturated heterocycles. The number of halogens is 1. The maximum absolute atomic E-state index is 13.9. The Labute approximate surface area is 173 Å². The molecule has 2 amide bonds. The quantitative estimate of drug-likeness (QED) is 0.618. The number of benzene rings is 3. The first kappa shape index (κ1) is 19.6. The van der Waals surface area contributed by atoms with E-state index in [1.165, 1.54) is 6.07 Å². The van der Waals surface area contributed by atoms with Gasteiger partial charge in [-0.25, -0.2) is 4.39 Å². The molecule has 0 aromatic heterocycles. The highest BCUT2D eigenvalue weighted by molar-refractivity contribution is 6.04. The van der Waals surface area contributed by atoms with E-state index < -0.39 is 0 Å². The highest BCUT2D eigenvalue weighted by Gasteiger charge is 2.45. The van der Waals surface area contributed by atoms with Gasteiger partial charge >= 0.3 is 0 Å². The third-order valence-corrected chi connectivity index (χ3v) is 5.19. The van der Waals surface area contributed by atoms with E-state index in [0.717, 1.165) is 0 Å². The standard InChI is InChI=1S/C24H21FN2O3/c1-30-18-12-10-17(11-13-18)26-23(28)15-6-8-16(9-7-15)27-24(29)21-14-20(21)19-4-2-3-5-22(19)25/h2-13,20-21H,14H2,1H3,(H,26,28)(H,27,29). The van der Waals surface area contributed by atoms with E-state index in [0.29, 0.717) is 34.7 Å². The number of carbonyl (C=O) groups is 2. The van der Waals surface area contributed by atoms with Crippen molar-refractivity contribution in [1.82, 2.24) is 0 Å². The molecule has 0 bridgehead atoms. The lowest BCUT2D eigenvalue weighted by molar-refractivity contribution is -0.117. The normalized spacial score (nSPS) is 17.1. The number of ether oxygens (including phenoxy) is 1. The zero-order valence-corrected chi connectivity index (χ0v) is 16.4. The molecule has 2 atom stereocenters. The Morgan fingerprint density at radius 2 is 1.53 bits per heavy atom. The molecule has 3 aromatic rings. The fourth-order valence-corrected chi connectivity index (χ4v) is 3.42. The minimum atomic E-state index is -0.273. The van der Waals surface area contributed by atoms with Crippen molar-refractivity contribution in [1.29, 1.82) is 0 Å². The molecule has 0 heterocycles. The van der Waals surface area contributed by atoms with Crippen molar-refractivity contribution in [2.45, 2.75) is 12.3 Å². The number of methoxy groups -OCH3 is 1. The molecule has 2 N–H and O–H groups in total. The Hall–Kier alpha value is -3.67. The summed E-state index contributed by atoms with van der Waals surface area (Å²) in [6, 6.07) is 20.3. The average molecular weight is 404 g/mol. The van der Waals surface area contributed by atoms with E-state index in [1.807, 2.05) is 0 Å². The first-order valence-corrected chi connectivity index (χ1v) is 9.66. The van der Waals surface area contributed by atoms with Gasteiger partial charge in [-0.3, -0.25) is 9.59 Å². The fraction of sp³-hybridized carbons (Fsp3) is 0.167. The van der Waals surface area contributed by atoms with Crippen molar-refractivity contribution in [3.63, 3.8) is 0 Å². The lowest BCUT2D eigenvalue weighted by Crippen LogP contribution is -2.15. The molecule has 5 nitrogen and oxygen atoms in total. The van der Waals surface area contributed by atoms with Gasteiger partial charge in [0, 0.05) is 22.9 Å². The molecule has 0 aliphatic heterocycles. The van der Waals surface area contributed by atoms with Crippen LogP contribution in [0.25, 0.3) is 0 Å². The number of amides is 2. The third kappa shape index (κ3) is 4.33. The second kappa shape index (κ2) is 8.37. The van der Waals surface area contributed by atoms with Gasteiger partial charge in [0.05, 0.1) is 7.11 Å². The number of hydrogen-bond donors (Lipinski definition) is 2. The second-order valence-corrected chi connectivity index (χ2v) is 7.22. The zero-order valence-electron chi connectivity index (χ0n) is 16.4. The average Bonchev–Trinajstić information content (AvgIpc) is 3.56. The fourth-order valence-electron chi connectivity index (χ4n) is 3.42. The molecule has 1 saturated carbocycles. The maximum atomic E-state index is 13.9. The van der Waals surface area contributed by atoms with Crippen molar-refractivity contribution in [3.05, 3.63) is 89.7 Å². The third-order valence-electron chi connectivity index (χ3n) is 5.19. The number of rotatable bonds is 6. The summed E-state index contributed by atoms with van der Waals surface area (Å²) in [5, 5.41) is 5.65. The van der Waals surface area contributed by atoms with Crippen molar-refractivity contribution < 1.29 is 18.7 Å². The summed E-state index contributed by atoms with van der Waals surface area (Å²) in [4.78, 5) is 24.8. The van der Waals surface area contributed by atoms with Gasteiger partial charge in [-0.05, 0) is 72.5 Å². The molecule has 6 heteroatoms. The number of hydrogen-bond acceptors (Lipinski definition) is 3. The molecule has 0 spiro atoms. The Bertz CT molecular complexity index is 1060. The predicted molar refractivity (Wildman–Crippen MR) is 113 cm³/mol. The van der Waals surface area contributed by atoms with Crippen molar-refractivity contribution >= 4 is 23.2 Å². The van der Waals surface area contributed by atoms with Crippen LogP contribution >= 0.6 is 0 Å². The number of carbonyl (C=O) groups excluding carboxylic acids is 2. The molecule has 2 unspecified atom stereocenters. The van der Waals surface area contributed by atoms with Crippen LogP contribution in [0.2, 0.25) is 0 Å². The van der Waals surface area contributed by atoms with E-state index >= 15 is 0 Å². The van der Waals surface area contributed by atoms with Crippen LogP contribution < -0.4 is 15.4 Å². The highest BCUT2D eigenvalue weighted by atomic mass is 19.1. The van der Waals surface area contributed by atoms with Crippen LogP contribution in [0.4, 0.5) is 15.8 Å². The lowest BCUT2D eigenvalue weighted by Gasteiger charge is -2.08. The topological polar surface area (TPSA) is 67.4 Å². The summed E-state index contributed by atoms with van der Waals surface area (Å²) in [6.07, 6.45) is 0.634. The van der Waals surface area contributed by atoms with Crippen molar-refractivity contribution in [3.8, 4) is 5.75 Å². The molecule has 30 heavy (non-hydrogen) atoms. The SMILES string of the molecule is COc1ccc(NC(=O)c2ccc(NC(=O)C3CC3c3ccccc3F)cc2)cc1. The molecule has 0 radical (unpaired) electrons. The van der Waals surface area contributed by atoms with Crippen molar-refractivity contribution in [2.24, 2.45) is 5.92 Å². The van der Waals surface area contributed by atoms with E-state index in [1.54, 1.807) is 73.8 Å². The minimum Gasteiger partial charge on any atom is -0.497 e. The molecule has 1 aliphatic carbocycles. The summed E-state index contributed by atoms with van der Waals surface area (Å²) in [6.45, 7) is 0. The monoisotopic (exact) mass is 404 g/mol. The van der Waals surface area contributed by atoms with Gasteiger partial charge in [-0.2, -0.15) is 0 Å². The predicted octanol–water partition coefficient (Wildman–Crippen LogP) is 4.83. The summed E-state index contributed by atoms with van der Waals surface area (Å²) < 4.78 is 19.0. The minimum absolute atomic E-state index is 0.0826. The molecule has 1 aliphatic rings. The van der Waals surface area contributed by atoms with E-state index in [-0.39, 0.29) is 29.5 Å². The van der Waals surface area contributed by atoms with Gasteiger partial charge in [-0.15, -0.1) is 0 Å². The van der Waals surface area contributed by atoms with Gasteiger partial charge in [0.2, 0.25) is 5.91 Å². The first-order chi connectivity index (χ1) is 14.5. The number of anilines is 2. The van der Waals surface area contributed by atoms with Crippen LogP contribution in [0.3, 0.4) is 0 Å². The van der Waals surface area contributed by atoms with Crippen LogP contribution in [0.1, 0.15) is 28.3 Å². The van der Waals surface area contributed by atoms with Crippen LogP contribution in [0, 0.1) is 11.7 Å². The van der Waals surface area contributed by atoms with Crippen molar-refractivity contribution in [2.75, 3.05) is 17.7 Å². The smallest absolute Gasteiger partial charge is 0.255 e. The molecule has 4 rings (SSSR count). The summed E-state index contributed by atoms with van der Waals surface area (Å²) in [5.41, 5.74) is 2.31. The maximum Gasteiger partial charge on any atom is 0.255 e. The second-order valence-electron chi connectivity index (χ2n) is 7.22. The molecular formula is C24H21FN2O3. The van der Waals surface area contributed by atoms with Crippen LogP contribution in [0.15, 0.2) is 72.8 Å². The van der Waals surface area contributed by atoms with E-state index in [4.69, 9.17) is 4.74 Å². The van der Waals surface area contributed by atoms with Crippen LogP contribution in [0.5, 0.6) is 5.75 Å². The van der Waals surface area contributed by atoms with Gasteiger partial charge in [0.15, 0.2) is 0 Å². The summed E-state index contributed by atoms with van der Waals surface area (Å²) >= 11 is 0. The van der Waals surface area contributed by atoms with E-state index in [2.05, 4.69) is 10.6 Å². The van der Waals surface area contributed by atoms with Gasteiger partial charge in [-0.1, -0.05) is 18.2 Å². The van der Waals surface area contributed by atoms with Crippen LogP contribution in [-0.2, 0) is 4.79 Å². The van der Waals surface area contributed by atoms with Crippen LogP contribution in [-0.4, -0.2) is 18.9 Å². The zero-order chi connectivity index (χ0) is 21.1. The molecular weight excluding hydrogens is 383 g/mol. The lowest BCUT2D eigenvalue weighted by atomic mass is 10.1. The Kier molecular flexibility index (Phi) is 5.48. The molecule has 1 fully saturated rings. The summed E-state index contributed by atoms with van der Waals surface area (Å²) in [7, 11) is 1.58. The van der Waals surface area contributed by atoms with Gasteiger partial charge in [0.1, 0.15) is 11.6 Å². The largest absolute Gasteiger partial charge is 0.497 e. The number of nitrogens with one attached hydrogen (secondary N) is 2. The summed E-state index contributed by atoms with van der Waals surface area (Å²) in [5.74, 6) is -0.273. The molecule has 152 valence electrons.